The van der Waals surface area contributed by atoms with Gasteiger partial charge in [-0.1, -0.05) is 187 Å². The molecule has 0 spiro atoms. The summed E-state index contributed by atoms with van der Waals surface area (Å²) in [6.45, 7) is 5.21. The van der Waals surface area contributed by atoms with Crippen molar-refractivity contribution in [1.82, 2.24) is 0 Å². The topological polar surface area (TPSA) is 26.3 Å². The summed E-state index contributed by atoms with van der Waals surface area (Å²) in [5.41, 5.74) is 0. The fourth-order valence-electron chi connectivity index (χ4n) is 5.20. The lowest BCUT2D eigenvalue weighted by atomic mass is 10.0. The first-order valence-electron chi connectivity index (χ1n) is 17.0. The number of carbonyl (C=O) groups excluding carboxylic acids is 1. The van der Waals surface area contributed by atoms with E-state index in [-0.39, 0.29) is 5.97 Å². The van der Waals surface area contributed by atoms with Gasteiger partial charge >= 0.3 is 5.97 Å². The van der Waals surface area contributed by atoms with E-state index in [1.165, 1.54) is 173 Å². The normalized spacial score (nSPS) is 11.3. The maximum atomic E-state index is 11.9. The Kier molecular flexibility index (Phi) is 32.0. The molecule has 0 heterocycles. The summed E-state index contributed by atoms with van der Waals surface area (Å²) in [5.74, 6) is 0.0271. The highest BCUT2D eigenvalue weighted by atomic mass is 16.5. The summed E-state index contributed by atoms with van der Waals surface area (Å²) in [7, 11) is 0. The Morgan fingerprint density at radius 3 is 0.917 bits per heavy atom. The Morgan fingerprint density at radius 1 is 0.361 bits per heavy atom. The molecule has 0 aliphatic heterocycles. The average molecular weight is 509 g/mol. The third kappa shape index (κ3) is 31.5. The molecular formula is C34H68O2. The lowest BCUT2D eigenvalue weighted by Crippen LogP contribution is -2.05. The molecule has 0 radical (unpaired) electrons. The third-order valence-corrected chi connectivity index (χ3v) is 7.75. The molecule has 36 heavy (non-hydrogen) atoms. The van der Waals surface area contributed by atoms with E-state index in [0.29, 0.717) is 13.0 Å². The molecule has 0 aliphatic rings. The summed E-state index contributed by atoms with van der Waals surface area (Å²) >= 11 is 0. The number of rotatable bonds is 31. The van der Waals surface area contributed by atoms with Gasteiger partial charge in [-0.3, -0.25) is 4.79 Å². The summed E-state index contributed by atoms with van der Waals surface area (Å²) in [5, 5.41) is 0. The number of unbranched alkanes of at least 4 members (excludes halogenated alkanes) is 27. The largest absolute Gasteiger partial charge is 0.466 e. The van der Waals surface area contributed by atoms with Crippen molar-refractivity contribution in [2.75, 3.05) is 6.61 Å². The van der Waals surface area contributed by atoms with Crippen LogP contribution in [-0.4, -0.2) is 12.6 Å². The second-order valence-corrected chi connectivity index (χ2v) is 11.5. The molecule has 0 fully saturated rings. The summed E-state index contributed by atoms with van der Waals surface area (Å²) in [6, 6.07) is 0. The van der Waals surface area contributed by atoms with E-state index in [1.807, 2.05) is 0 Å². The lowest BCUT2D eigenvalue weighted by Gasteiger charge is -2.06. The number of hydrogen-bond donors (Lipinski definition) is 0. The zero-order valence-electron chi connectivity index (χ0n) is 25.2. The van der Waals surface area contributed by atoms with Crippen LogP contribution in [0.5, 0.6) is 0 Å². The maximum absolute atomic E-state index is 11.9. The molecule has 0 bridgehead atoms. The molecular weight excluding hydrogens is 440 g/mol. The van der Waals surface area contributed by atoms with Crippen LogP contribution in [0, 0.1) is 0 Å². The zero-order chi connectivity index (χ0) is 26.2. The van der Waals surface area contributed by atoms with E-state index >= 15 is 0 Å². The van der Waals surface area contributed by atoms with Crippen molar-refractivity contribution in [1.29, 1.82) is 0 Å². The minimum absolute atomic E-state index is 0.0271. The van der Waals surface area contributed by atoms with Crippen molar-refractivity contribution >= 4 is 5.97 Å². The third-order valence-electron chi connectivity index (χ3n) is 7.75. The van der Waals surface area contributed by atoms with Gasteiger partial charge in [0.05, 0.1) is 6.61 Å². The molecule has 0 unspecified atom stereocenters. The van der Waals surface area contributed by atoms with E-state index in [9.17, 15) is 4.79 Å². The van der Waals surface area contributed by atoms with E-state index < -0.39 is 0 Å². The molecule has 0 aromatic rings. The van der Waals surface area contributed by atoms with Crippen molar-refractivity contribution < 1.29 is 9.53 Å². The minimum atomic E-state index is 0.0271. The van der Waals surface area contributed by atoms with Gasteiger partial charge < -0.3 is 4.74 Å². The van der Waals surface area contributed by atoms with Crippen LogP contribution in [0.25, 0.3) is 0 Å². The summed E-state index contributed by atoms with van der Waals surface area (Å²) in [4.78, 5) is 11.9. The number of hydrogen-bond acceptors (Lipinski definition) is 2. The van der Waals surface area contributed by atoms with Crippen LogP contribution < -0.4 is 0 Å². The number of esters is 1. The van der Waals surface area contributed by atoms with Gasteiger partial charge in [0.1, 0.15) is 0 Å². The van der Waals surface area contributed by atoms with Crippen LogP contribution in [0.4, 0.5) is 0 Å². The Balaban J connectivity index is 3.14. The van der Waals surface area contributed by atoms with E-state index in [2.05, 4.69) is 13.8 Å². The van der Waals surface area contributed by atoms with Gasteiger partial charge in [0.2, 0.25) is 0 Å². The SMILES string of the molecule is CCCCCCCCCCCCCCCCCCC(=O)OCCCCCCCCCCCCCCC. The first-order chi connectivity index (χ1) is 17.8. The number of ether oxygens (including phenoxy) is 1. The molecule has 0 aromatic heterocycles. The molecule has 216 valence electrons. The summed E-state index contributed by atoms with van der Waals surface area (Å²) < 4.78 is 5.43. The quantitative estimate of drug-likeness (QED) is 0.0687. The molecule has 0 aromatic carbocycles. The predicted octanol–water partition coefficient (Wildman–Crippen LogP) is 12.3. The van der Waals surface area contributed by atoms with Gasteiger partial charge in [0.25, 0.3) is 0 Å². The maximum Gasteiger partial charge on any atom is 0.305 e. The molecule has 2 heteroatoms. The molecule has 0 N–H and O–H groups in total. The van der Waals surface area contributed by atoms with E-state index in [0.717, 1.165) is 12.8 Å². The first-order valence-corrected chi connectivity index (χ1v) is 17.0. The van der Waals surface area contributed by atoms with Gasteiger partial charge in [-0.15, -0.1) is 0 Å². The molecule has 0 aliphatic carbocycles. The molecule has 2 nitrogen and oxygen atoms in total. The highest BCUT2D eigenvalue weighted by Gasteiger charge is 2.02. The Hall–Kier alpha value is -0.530. The van der Waals surface area contributed by atoms with Crippen molar-refractivity contribution in [3.05, 3.63) is 0 Å². The Bertz CT molecular complexity index is 406. The second kappa shape index (κ2) is 32.5. The fourth-order valence-corrected chi connectivity index (χ4v) is 5.20. The minimum Gasteiger partial charge on any atom is -0.466 e. The second-order valence-electron chi connectivity index (χ2n) is 11.5. The van der Waals surface area contributed by atoms with Gasteiger partial charge in [-0.05, 0) is 12.8 Å². The highest BCUT2D eigenvalue weighted by Crippen LogP contribution is 2.15. The van der Waals surface area contributed by atoms with Crippen LogP contribution in [0.15, 0.2) is 0 Å². The highest BCUT2D eigenvalue weighted by molar-refractivity contribution is 5.69. The van der Waals surface area contributed by atoms with E-state index in [1.54, 1.807) is 0 Å². The van der Waals surface area contributed by atoms with Crippen LogP contribution in [0.3, 0.4) is 0 Å². The molecule has 0 saturated carbocycles. The Morgan fingerprint density at radius 2 is 0.611 bits per heavy atom. The zero-order valence-corrected chi connectivity index (χ0v) is 25.2. The van der Waals surface area contributed by atoms with Crippen molar-refractivity contribution in [2.24, 2.45) is 0 Å². The van der Waals surface area contributed by atoms with Gasteiger partial charge in [0.15, 0.2) is 0 Å². The van der Waals surface area contributed by atoms with Crippen molar-refractivity contribution in [3.8, 4) is 0 Å². The van der Waals surface area contributed by atoms with Crippen LogP contribution in [0.1, 0.15) is 206 Å². The van der Waals surface area contributed by atoms with Crippen LogP contribution in [-0.2, 0) is 9.53 Å². The fraction of sp³-hybridized carbons (Fsp3) is 0.971. The average Bonchev–Trinajstić information content (AvgIpc) is 2.88. The first kappa shape index (κ1) is 35.5. The molecule has 0 atom stereocenters. The standard InChI is InChI=1S/C34H68O2/c1-3-5-7-9-11-13-15-17-18-19-20-22-24-26-28-30-32-34(35)36-33-31-29-27-25-23-21-16-14-12-10-8-6-4-2/h3-33H2,1-2H3. The number of carbonyl (C=O) groups is 1. The van der Waals surface area contributed by atoms with Crippen molar-refractivity contribution in [2.45, 2.75) is 206 Å². The smallest absolute Gasteiger partial charge is 0.305 e. The molecule has 0 amide bonds. The summed E-state index contributed by atoms with van der Waals surface area (Å²) in [6.07, 6.45) is 40.1. The monoisotopic (exact) mass is 509 g/mol. The molecule has 0 saturated heterocycles. The van der Waals surface area contributed by atoms with Crippen LogP contribution in [0.2, 0.25) is 0 Å². The van der Waals surface area contributed by atoms with Gasteiger partial charge in [0, 0.05) is 6.42 Å². The Labute approximate surface area is 228 Å². The predicted molar refractivity (Wildman–Crippen MR) is 161 cm³/mol. The van der Waals surface area contributed by atoms with Gasteiger partial charge in [-0.2, -0.15) is 0 Å². The molecule has 0 rings (SSSR count). The van der Waals surface area contributed by atoms with E-state index in [4.69, 9.17) is 4.74 Å². The lowest BCUT2D eigenvalue weighted by molar-refractivity contribution is -0.143. The van der Waals surface area contributed by atoms with Gasteiger partial charge in [-0.25, -0.2) is 0 Å². The van der Waals surface area contributed by atoms with Crippen LogP contribution >= 0.6 is 0 Å². The van der Waals surface area contributed by atoms with Crippen molar-refractivity contribution in [3.63, 3.8) is 0 Å².